The Labute approximate surface area is 313 Å². The summed E-state index contributed by atoms with van der Waals surface area (Å²) >= 11 is 0. The quantitative estimate of drug-likeness (QED) is 0.0867. The third kappa shape index (κ3) is 10.2. The minimum atomic E-state index is -0.811. The molecule has 1 saturated carbocycles. The Morgan fingerprint density at radius 2 is 1.72 bits per heavy atom. The predicted molar refractivity (Wildman–Crippen MR) is 202 cm³/mol. The standard InChI is InChI=1S/C43H56N2O8/c1-3-5-9-20-43(21-10-6-4-2)52-38-27-33(41(48)45-28-30-12-11-14-32(24-30)40(47)44-22-23-46)26-37(39(38)53-43)51-42(49)34-15-8-7-13-31(34)18-16-29-17-19-35-36(25-29)50-35/h7-8,11-16,18,24,27,29,35-39,46H,3-6,9-10,17,19-23,25-26,28H2,1-2H3,(H,44,47)(H,45,48)/t29?,35?,36?,37-,38-,39+/m1/s1. The van der Waals surface area contributed by atoms with Crippen molar-refractivity contribution in [2.24, 2.45) is 5.92 Å². The number of nitrogens with one attached hydrogen (secondary N) is 2. The largest absolute Gasteiger partial charge is 0.456 e. The van der Waals surface area contributed by atoms with Crippen LogP contribution in [0.1, 0.15) is 123 Å². The van der Waals surface area contributed by atoms with Gasteiger partial charge in [0.2, 0.25) is 5.91 Å². The summed E-state index contributed by atoms with van der Waals surface area (Å²) in [6.07, 6.45) is 16.0. The number of amides is 2. The lowest BCUT2D eigenvalue weighted by Crippen LogP contribution is -2.43. The number of carbonyl (C=O) groups is 3. The van der Waals surface area contributed by atoms with E-state index in [9.17, 15) is 14.4 Å². The number of esters is 1. The zero-order valence-electron chi connectivity index (χ0n) is 31.2. The van der Waals surface area contributed by atoms with Crippen molar-refractivity contribution in [3.63, 3.8) is 0 Å². The molecule has 3 unspecified atom stereocenters. The van der Waals surface area contributed by atoms with Gasteiger partial charge in [0.1, 0.15) is 18.3 Å². The first-order valence-corrected chi connectivity index (χ1v) is 19.8. The van der Waals surface area contributed by atoms with E-state index >= 15 is 0 Å². The van der Waals surface area contributed by atoms with E-state index in [4.69, 9.17) is 24.1 Å². The Kier molecular flexibility index (Phi) is 13.6. The molecule has 6 atom stereocenters. The highest BCUT2D eigenvalue weighted by Gasteiger charge is 2.52. The SMILES string of the molecule is CCCCCC1(CCCCC)O[C@@H]2[C@@H](C=C(C(=O)NCc3cccc(C(=O)NCCO)c3)C[C@H]2OC(=O)c2ccccc2C=CC2CCC3OC3C2)O1. The molecular weight excluding hydrogens is 672 g/mol. The molecule has 10 heteroatoms. The molecule has 0 radical (unpaired) electrons. The number of hydrogen-bond donors (Lipinski definition) is 3. The van der Waals surface area contributed by atoms with Crippen LogP contribution in [0, 0.1) is 5.92 Å². The molecule has 3 fully saturated rings. The van der Waals surface area contributed by atoms with Crippen molar-refractivity contribution in [2.45, 2.75) is 134 Å². The van der Waals surface area contributed by atoms with Crippen LogP contribution in [0.4, 0.5) is 0 Å². The van der Waals surface area contributed by atoms with Crippen molar-refractivity contribution in [1.82, 2.24) is 10.6 Å². The fourth-order valence-corrected chi connectivity index (χ4v) is 7.87. The van der Waals surface area contributed by atoms with Crippen LogP contribution in [0.5, 0.6) is 0 Å². The maximum absolute atomic E-state index is 14.0. The summed E-state index contributed by atoms with van der Waals surface area (Å²) in [7, 11) is 0. The van der Waals surface area contributed by atoms with Gasteiger partial charge >= 0.3 is 5.97 Å². The van der Waals surface area contributed by atoms with Gasteiger partial charge in [0, 0.05) is 43.5 Å². The normalized spacial score (nSPS) is 25.6. The monoisotopic (exact) mass is 728 g/mol. The van der Waals surface area contributed by atoms with Crippen molar-refractivity contribution < 1.29 is 38.4 Å². The maximum atomic E-state index is 14.0. The van der Waals surface area contributed by atoms with Gasteiger partial charge in [-0.2, -0.15) is 0 Å². The number of allylic oxidation sites excluding steroid dienone is 1. The van der Waals surface area contributed by atoms with Crippen LogP contribution in [0.2, 0.25) is 0 Å². The van der Waals surface area contributed by atoms with Crippen molar-refractivity contribution >= 4 is 23.9 Å². The average Bonchev–Trinajstić information content (AvgIpc) is 3.86. The van der Waals surface area contributed by atoms with Gasteiger partial charge in [0.15, 0.2) is 5.79 Å². The van der Waals surface area contributed by atoms with E-state index < -0.39 is 30.1 Å². The fourth-order valence-electron chi connectivity index (χ4n) is 7.87. The third-order valence-electron chi connectivity index (χ3n) is 10.9. The molecule has 6 rings (SSSR count). The Balaban J connectivity index is 1.20. The van der Waals surface area contributed by atoms with Gasteiger partial charge in [-0.1, -0.05) is 82.0 Å². The Morgan fingerprint density at radius 1 is 0.925 bits per heavy atom. The molecule has 2 saturated heterocycles. The number of rotatable bonds is 18. The highest BCUT2D eigenvalue weighted by molar-refractivity contribution is 5.96. The van der Waals surface area contributed by atoms with Crippen molar-refractivity contribution in [3.8, 4) is 0 Å². The van der Waals surface area contributed by atoms with Crippen LogP contribution in [0.15, 0.2) is 66.3 Å². The second-order valence-electron chi connectivity index (χ2n) is 14.9. The molecule has 2 aliphatic heterocycles. The van der Waals surface area contributed by atoms with Crippen LogP contribution in [-0.2, 0) is 30.3 Å². The zero-order chi connectivity index (χ0) is 37.2. The molecule has 53 heavy (non-hydrogen) atoms. The van der Waals surface area contributed by atoms with Crippen molar-refractivity contribution in [1.29, 1.82) is 0 Å². The van der Waals surface area contributed by atoms with E-state index in [0.29, 0.717) is 34.8 Å². The average molecular weight is 729 g/mol. The summed E-state index contributed by atoms with van der Waals surface area (Å²) < 4.78 is 25.6. The van der Waals surface area contributed by atoms with Gasteiger partial charge in [-0.25, -0.2) is 4.79 Å². The molecular formula is C43H56N2O8. The van der Waals surface area contributed by atoms with E-state index in [1.165, 1.54) is 0 Å². The summed E-state index contributed by atoms with van der Waals surface area (Å²) in [5.74, 6) is -1.45. The van der Waals surface area contributed by atoms with E-state index in [0.717, 1.165) is 81.8 Å². The van der Waals surface area contributed by atoms with Gasteiger partial charge in [0.25, 0.3) is 5.91 Å². The first kappa shape index (κ1) is 38.9. The number of hydrogen-bond acceptors (Lipinski definition) is 8. The van der Waals surface area contributed by atoms with Gasteiger partial charge in [0.05, 0.1) is 24.4 Å². The molecule has 4 aliphatic rings. The van der Waals surface area contributed by atoms with E-state index in [-0.39, 0.29) is 37.9 Å². The summed E-state index contributed by atoms with van der Waals surface area (Å²) in [5.41, 5.74) is 2.92. The van der Waals surface area contributed by atoms with Gasteiger partial charge in [-0.15, -0.1) is 0 Å². The minimum absolute atomic E-state index is 0.150. The molecule has 286 valence electrons. The second-order valence-corrected chi connectivity index (χ2v) is 14.9. The first-order chi connectivity index (χ1) is 25.8. The summed E-state index contributed by atoms with van der Waals surface area (Å²) in [4.78, 5) is 40.2. The third-order valence-corrected chi connectivity index (χ3v) is 10.9. The van der Waals surface area contributed by atoms with Gasteiger partial charge in [-0.3, -0.25) is 9.59 Å². The van der Waals surface area contributed by atoms with Crippen LogP contribution in [0.25, 0.3) is 6.08 Å². The summed E-state index contributed by atoms with van der Waals surface area (Å²) in [6.45, 7) is 4.54. The number of epoxide rings is 1. The zero-order valence-corrected chi connectivity index (χ0v) is 31.2. The Hall–Kier alpha value is -3.83. The van der Waals surface area contributed by atoms with Crippen molar-refractivity contribution in [3.05, 3.63) is 88.5 Å². The predicted octanol–water partition coefficient (Wildman–Crippen LogP) is 6.80. The molecule has 3 N–H and O–H groups in total. The number of aliphatic hydroxyl groups is 1. The number of aliphatic hydroxyl groups excluding tert-OH is 1. The Bertz CT molecular complexity index is 1630. The first-order valence-electron chi connectivity index (χ1n) is 19.8. The number of benzene rings is 2. The van der Waals surface area contributed by atoms with Crippen molar-refractivity contribution in [2.75, 3.05) is 13.2 Å². The Morgan fingerprint density at radius 3 is 2.47 bits per heavy atom. The topological polar surface area (TPSA) is 136 Å². The maximum Gasteiger partial charge on any atom is 0.339 e. The summed E-state index contributed by atoms with van der Waals surface area (Å²) in [5, 5.41) is 14.7. The van der Waals surface area contributed by atoms with Crippen LogP contribution in [-0.4, -0.2) is 72.3 Å². The van der Waals surface area contributed by atoms with Gasteiger partial charge in [-0.05, 0) is 73.4 Å². The summed E-state index contributed by atoms with van der Waals surface area (Å²) in [6, 6.07) is 14.5. The van der Waals surface area contributed by atoms with Crippen LogP contribution >= 0.6 is 0 Å². The number of carbonyl (C=O) groups excluding carboxylic acids is 3. The van der Waals surface area contributed by atoms with Crippen LogP contribution in [0.3, 0.4) is 0 Å². The highest BCUT2D eigenvalue weighted by atomic mass is 16.8. The number of unbranched alkanes of at least 4 members (excludes halogenated alkanes) is 4. The molecule has 10 nitrogen and oxygen atoms in total. The van der Waals surface area contributed by atoms with Crippen LogP contribution < -0.4 is 10.6 Å². The molecule has 2 amide bonds. The second kappa shape index (κ2) is 18.5. The minimum Gasteiger partial charge on any atom is -0.456 e. The van der Waals surface area contributed by atoms with E-state index in [2.05, 4.69) is 30.6 Å². The van der Waals surface area contributed by atoms with E-state index in [1.54, 1.807) is 24.3 Å². The lowest BCUT2D eigenvalue weighted by Gasteiger charge is -2.31. The highest BCUT2D eigenvalue weighted by Crippen LogP contribution is 2.43. The molecule has 2 aliphatic carbocycles. The molecule has 0 spiro atoms. The van der Waals surface area contributed by atoms with E-state index in [1.807, 2.05) is 36.4 Å². The smallest absolute Gasteiger partial charge is 0.339 e. The molecule has 0 aromatic heterocycles. The molecule has 0 bridgehead atoms. The lowest BCUT2D eigenvalue weighted by molar-refractivity contribution is -0.190. The van der Waals surface area contributed by atoms with Gasteiger partial charge < -0.3 is 34.7 Å². The lowest BCUT2D eigenvalue weighted by atomic mass is 9.88. The number of ether oxygens (including phenoxy) is 4. The number of fused-ring (bicyclic) bond motifs is 2. The molecule has 2 aromatic carbocycles. The molecule has 2 aromatic rings. The fraction of sp³-hybridized carbons (Fsp3) is 0.558. The molecule has 2 heterocycles.